The molecule has 2 aromatic heterocycles. The molecule has 0 spiro atoms. The normalized spacial score (nSPS) is 10.6. The van der Waals surface area contributed by atoms with E-state index >= 15 is 0 Å². The summed E-state index contributed by atoms with van der Waals surface area (Å²) in [5, 5.41) is 3.70. The van der Waals surface area contributed by atoms with Crippen molar-refractivity contribution in [2.75, 3.05) is 0 Å². The van der Waals surface area contributed by atoms with Crippen LogP contribution in [0.15, 0.2) is 41.4 Å². The van der Waals surface area contributed by atoms with Crippen molar-refractivity contribution in [1.82, 2.24) is 20.1 Å². The van der Waals surface area contributed by atoms with Crippen molar-refractivity contribution >= 4 is 0 Å². The highest BCUT2D eigenvalue weighted by atomic mass is 19.2. The first-order valence-corrected chi connectivity index (χ1v) is 5.28. The van der Waals surface area contributed by atoms with Gasteiger partial charge in [-0.25, -0.2) is 18.7 Å². The van der Waals surface area contributed by atoms with Gasteiger partial charge in [0.25, 0.3) is 5.89 Å². The highest BCUT2D eigenvalue weighted by Crippen LogP contribution is 2.22. The SMILES string of the molecule is Fc1ccc(-c2noc(-c3cncnc3)n2)cc1F. The zero-order valence-electron chi connectivity index (χ0n) is 9.42. The number of hydrogen-bond donors (Lipinski definition) is 0. The van der Waals surface area contributed by atoms with Crippen molar-refractivity contribution in [3.63, 3.8) is 0 Å². The lowest BCUT2D eigenvalue weighted by atomic mass is 10.2. The average Bonchev–Trinajstić information content (AvgIpc) is 2.93. The molecule has 19 heavy (non-hydrogen) atoms. The first-order chi connectivity index (χ1) is 9.24. The average molecular weight is 260 g/mol. The van der Waals surface area contributed by atoms with E-state index in [4.69, 9.17) is 4.52 Å². The molecule has 2 heterocycles. The Balaban J connectivity index is 1.99. The van der Waals surface area contributed by atoms with Gasteiger partial charge in [0.1, 0.15) is 6.33 Å². The second kappa shape index (κ2) is 4.52. The molecule has 3 aromatic rings. The number of nitrogens with zero attached hydrogens (tertiary/aromatic N) is 4. The summed E-state index contributed by atoms with van der Waals surface area (Å²) in [6.07, 6.45) is 4.39. The zero-order chi connectivity index (χ0) is 13.2. The molecule has 0 N–H and O–H groups in total. The van der Waals surface area contributed by atoms with Gasteiger partial charge in [0.05, 0.1) is 5.56 Å². The number of benzene rings is 1. The van der Waals surface area contributed by atoms with Gasteiger partial charge >= 0.3 is 0 Å². The predicted molar refractivity (Wildman–Crippen MR) is 60.7 cm³/mol. The number of hydrogen-bond acceptors (Lipinski definition) is 5. The summed E-state index contributed by atoms with van der Waals surface area (Å²) < 4.78 is 31.0. The Morgan fingerprint density at radius 2 is 1.74 bits per heavy atom. The van der Waals surface area contributed by atoms with Crippen molar-refractivity contribution in [3.8, 4) is 22.8 Å². The van der Waals surface area contributed by atoms with Crippen LogP contribution in [0.25, 0.3) is 22.8 Å². The van der Waals surface area contributed by atoms with E-state index in [1.165, 1.54) is 24.8 Å². The summed E-state index contributed by atoms with van der Waals surface area (Å²) in [5.41, 5.74) is 0.870. The Morgan fingerprint density at radius 3 is 2.47 bits per heavy atom. The van der Waals surface area contributed by atoms with Gasteiger partial charge in [-0.3, -0.25) is 0 Å². The molecule has 1 aromatic carbocycles. The molecule has 0 bridgehead atoms. The molecule has 0 saturated heterocycles. The molecule has 0 aliphatic heterocycles. The van der Waals surface area contributed by atoms with Crippen molar-refractivity contribution in [2.24, 2.45) is 0 Å². The topological polar surface area (TPSA) is 64.7 Å². The van der Waals surface area contributed by atoms with Gasteiger partial charge in [0.2, 0.25) is 5.82 Å². The van der Waals surface area contributed by atoms with Crippen LogP contribution in [0.2, 0.25) is 0 Å². The van der Waals surface area contributed by atoms with Crippen LogP contribution in [0.4, 0.5) is 8.78 Å². The minimum Gasteiger partial charge on any atom is -0.333 e. The van der Waals surface area contributed by atoms with Crippen LogP contribution in [0.3, 0.4) is 0 Å². The monoisotopic (exact) mass is 260 g/mol. The lowest BCUT2D eigenvalue weighted by Gasteiger charge is -1.95. The maximum Gasteiger partial charge on any atom is 0.261 e. The van der Waals surface area contributed by atoms with Gasteiger partial charge in [-0.05, 0) is 18.2 Å². The Hall–Kier alpha value is -2.70. The van der Waals surface area contributed by atoms with Crippen LogP contribution in [-0.4, -0.2) is 20.1 Å². The Labute approximate surface area is 106 Å². The molecular formula is C12H6F2N4O. The summed E-state index contributed by atoms with van der Waals surface area (Å²) in [6.45, 7) is 0. The molecule has 0 fully saturated rings. The van der Waals surface area contributed by atoms with Crippen LogP contribution in [0.1, 0.15) is 0 Å². The van der Waals surface area contributed by atoms with Crippen molar-refractivity contribution in [2.45, 2.75) is 0 Å². The summed E-state index contributed by atoms with van der Waals surface area (Å²) >= 11 is 0. The lowest BCUT2D eigenvalue weighted by Crippen LogP contribution is -1.87. The molecule has 0 aliphatic carbocycles. The van der Waals surface area contributed by atoms with E-state index in [1.807, 2.05) is 0 Å². The van der Waals surface area contributed by atoms with Crippen LogP contribution < -0.4 is 0 Å². The highest BCUT2D eigenvalue weighted by molar-refractivity contribution is 5.58. The summed E-state index contributed by atoms with van der Waals surface area (Å²) in [7, 11) is 0. The van der Waals surface area contributed by atoms with Crippen LogP contribution in [0.5, 0.6) is 0 Å². The lowest BCUT2D eigenvalue weighted by molar-refractivity contribution is 0.432. The maximum absolute atomic E-state index is 13.1. The fourth-order valence-electron chi connectivity index (χ4n) is 1.50. The third-order valence-electron chi connectivity index (χ3n) is 2.41. The Kier molecular flexibility index (Phi) is 2.71. The molecule has 0 aliphatic rings. The molecule has 0 unspecified atom stereocenters. The second-order valence-corrected chi connectivity index (χ2v) is 3.68. The van der Waals surface area contributed by atoms with Gasteiger partial charge in [-0.1, -0.05) is 5.16 Å². The van der Waals surface area contributed by atoms with E-state index in [0.29, 0.717) is 11.1 Å². The van der Waals surface area contributed by atoms with E-state index in [-0.39, 0.29) is 11.7 Å². The van der Waals surface area contributed by atoms with Gasteiger partial charge in [-0.2, -0.15) is 4.98 Å². The molecule has 0 amide bonds. The maximum atomic E-state index is 13.1. The molecule has 0 radical (unpaired) electrons. The molecule has 3 rings (SSSR count). The largest absolute Gasteiger partial charge is 0.333 e. The van der Waals surface area contributed by atoms with Crippen LogP contribution in [0, 0.1) is 11.6 Å². The minimum absolute atomic E-state index is 0.165. The van der Waals surface area contributed by atoms with Crippen LogP contribution in [-0.2, 0) is 0 Å². The van der Waals surface area contributed by atoms with Crippen LogP contribution >= 0.6 is 0 Å². The number of halogens is 2. The van der Waals surface area contributed by atoms with Gasteiger partial charge in [-0.15, -0.1) is 0 Å². The van der Waals surface area contributed by atoms with Crippen molar-refractivity contribution in [3.05, 3.63) is 48.6 Å². The smallest absolute Gasteiger partial charge is 0.261 e. The molecule has 7 heteroatoms. The highest BCUT2D eigenvalue weighted by Gasteiger charge is 2.12. The Bertz CT molecular complexity index is 715. The predicted octanol–water partition coefficient (Wildman–Crippen LogP) is 2.47. The molecule has 5 nitrogen and oxygen atoms in total. The summed E-state index contributed by atoms with van der Waals surface area (Å²) in [5.74, 6) is -1.52. The van der Waals surface area contributed by atoms with E-state index in [2.05, 4.69) is 20.1 Å². The summed E-state index contributed by atoms with van der Waals surface area (Å²) in [6, 6.07) is 3.38. The second-order valence-electron chi connectivity index (χ2n) is 3.68. The molecule has 94 valence electrons. The number of aromatic nitrogens is 4. The van der Waals surface area contributed by atoms with E-state index in [9.17, 15) is 8.78 Å². The van der Waals surface area contributed by atoms with E-state index in [1.54, 1.807) is 0 Å². The first kappa shape index (κ1) is 11.4. The molecular weight excluding hydrogens is 254 g/mol. The Morgan fingerprint density at radius 1 is 0.947 bits per heavy atom. The fourth-order valence-corrected chi connectivity index (χ4v) is 1.50. The van der Waals surface area contributed by atoms with Gasteiger partial charge in [0.15, 0.2) is 11.6 Å². The quantitative estimate of drug-likeness (QED) is 0.708. The minimum atomic E-state index is -0.966. The van der Waals surface area contributed by atoms with Crippen molar-refractivity contribution in [1.29, 1.82) is 0 Å². The van der Waals surface area contributed by atoms with Crippen molar-refractivity contribution < 1.29 is 13.3 Å². The van der Waals surface area contributed by atoms with E-state index < -0.39 is 11.6 Å². The molecule has 0 saturated carbocycles. The van der Waals surface area contributed by atoms with Gasteiger partial charge in [0, 0.05) is 18.0 Å². The fraction of sp³-hybridized carbons (Fsp3) is 0. The number of rotatable bonds is 2. The van der Waals surface area contributed by atoms with Gasteiger partial charge < -0.3 is 4.52 Å². The third kappa shape index (κ3) is 2.17. The summed E-state index contributed by atoms with van der Waals surface area (Å²) in [4.78, 5) is 11.7. The molecule has 0 atom stereocenters. The zero-order valence-corrected chi connectivity index (χ0v) is 9.42. The van der Waals surface area contributed by atoms with E-state index in [0.717, 1.165) is 12.1 Å². The first-order valence-electron chi connectivity index (χ1n) is 5.28. The third-order valence-corrected chi connectivity index (χ3v) is 2.41. The standard InChI is InChI=1S/C12H6F2N4O/c13-9-2-1-7(3-10(9)14)11-17-12(19-18-11)8-4-15-6-16-5-8/h1-6H.